The van der Waals surface area contributed by atoms with Crippen LogP contribution in [-0.4, -0.2) is 27.8 Å². The van der Waals surface area contributed by atoms with Gasteiger partial charge in [0.05, 0.1) is 12.8 Å². The molecule has 0 saturated heterocycles. The van der Waals surface area contributed by atoms with Crippen molar-refractivity contribution in [2.24, 2.45) is 5.92 Å². The van der Waals surface area contributed by atoms with Gasteiger partial charge in [-0.05, 0) is 48.2 Å². The Kier molecular flexibility index (Phi) is 3.93. The molecule has 2 atom stereocenters. The van der Waals surface area contributed by atoms with Crippen molar-refractivity contribution in [3.05, 3.63) is 66.7 Å². The summed E-state index contributed by atoms with van der Waals surface area (Å²) in [6.45, 7) is 0. The van der Waals surface area contributed by atoms with Crippen LogP contribution in [0, 0.1) is 5.92 Å². The zero-order valence-electron chi connectivity index (χ0n) is 13.8. The van der Waals surface area contributed by atoms with Gasteiger partial charge >= 0.3 is 0 Å². The fourth-order valence-corrected chi connectivity index (χ4v) is 3.02. The third kappa shape index (κ3) is 3.24. The monoisotopic (exact) mass is 334 g/mol. The summed E-state index contributed by atoms with van der Waals surface area (Å²) in [5, 5.41) is 10.6. The van der Waals surface area contributed by atoms with Crippen molar-refractivity contribution >= 4 is 11.6 Å². The van der Waals surface area contributed by atoms with E-state index in [1.54, 1.807) is 24.3 Å². The Balaban J connectivity index is 1.42. The summed E-state index contributed by atoms with van der Waals surface area (Å²) in [5.41, 5.74) is 2.86. The average molecular weight is 334 g/mol. The van der Waals surface area contributed by atoms with Crippen LogP contribution in [0.5, 0.6) is 5.75 Å². The molecule has 0 radical (unpaired) electrons. The van der Waals surface area contributed by atoms with Gasteiger partial charge in [0.2, 0.25) is 5.91 Å². The van der Waals surface area contributed by atoms with Crippen LogP contribution >= 0.6 is 0 Å². The second-order valence-corrected chi connectivity index (χ2v) is 6.13. The normalized spacial score (nSPS) is 18.6. The molecule has 126 valence electrons. The van der Waals surface area contributed by atoms with E-state index < -0.39 is 0 Å². The van der Waals surface area contributed by atoms with Crippen LogP contribution in [-0.2, 0) is 4.79 Å². The third-order valence-corrected chi connectivity index (χ3v) is 4.50. The Morgan fingerprint density at radius 1 is 1.16 bits per heavy atom. The van der Waals surface area contributed by atoms with Crippen molar-refractivity contribution in [1.82, 2.24) is 14.8 Å². The predicted molar refractivity (Wildman–Crippen MR) is 93.8 cm³/mol. The van der Waals surface area contributed by atoms with Gasteiger partial charge in [-0.15, -0.1) is 10.2 Å². The number of ether oxygens (including phenoxy) is 1. The summed E-state index contributed by atoms with van der Waals surface area (Å²) in [6.07, 6.45) is 4.13. The Morgan fingerprint density at radius 2 is 1.92 bits per heavy atom. The van der Waals surface area contributed by atoms with Crippen LogP contribution < -0.4 is 10.1 Å². The highest BCUT2D eigenvalue weighted by atomic mass is 16.5. The van der Waals surface area contributed by atoms with Gasteiger partial charge in [0.1, 0.15) is 18.4 Å². The standard InChI is InChI=1S/C19H18N4O2/c1-25-16-7-5-13(6-8-16)17-10-18(17)19(24)22-14-3-2-4-15(9-14)23-11-20-21-12-23/h2-9,11-12,17-18H,10H2,1H3,(H,22,24)/t17-,18-/m1/s1. The molecular weight excluding hydrogens is 316 g/mol. The molecule has 2 aromatic carbocycles. The van der Waals surface area contributed by atoms with Gasteiger partial charge in [-0.25, -0.2) is 0 Å². The molecule has 1 amide bonds. The molecule has 1 heterocycles. The molecule has 0 aliphatic heterocycles. The van der Waals surface area contributed by atoms with Crippen LogP contribution in [0.4, 0.5) is 5.69 Å². The lowest BCUT2D eigenvalue weighted by atomic mass is 10.1. The number of rotatable bonds is 5. The van der Waals surface area contributed by atoms with Gasteiger partial charge in [-0.2, -0.15) is 0 Å². The quantitative estimate of drug-likeness (QED) is 0.779. The summed E-state index contributed by atoms with van der Waals surface area (Å²) >= 11 is 0. The Morgan fingerprint density at radius 3 is 2.64 bits per heavy atom. The van der Waals surface area contributed by atoms with E-state index in [9.17, 15) is 4.79 Å². The largest absolute Gasteiger partial charge is 0.497 e. The predicted octanol–water partition coefficient (Wildman–Crippen LogP) is 3.02. The van der Waals surface area contributed by atoms with Crippen LogP contribution in [0.3, 0.4) is 0 Å². The van der Waals surface area contributed by atoms with Gasteiger partial charge < -0.3 is 10.1 Å². The van der Waals surface area contributed by atoms with E-state index in [0.717, 1.165) is 23.5 Å². The number of hydrogen-bond donors (Lipinski definition) is 1. The highest BCUT2D eigenvalue weighted by Gasteiger charge is 2.43. The van der Waals surface area contributed by atoms with E-state index in [0.29, 0.717) is 0 Å². The Hall–Kier alpha value is -3.15. The highest BCUT2D eigenvalue weighted by molar-refractivity contribution is 5.95. The summed E-state index contributed by atoms with van der Waals surface area (Å²) < 4.78 is 6.97. The maximum atomic E-state index is 12.5. The van der Waals surface area contributed by atoms with E-state index in [1.165, 1.54) is 5.56 Å². The molecule has 1 N–H and O–H groups in total. The fraction of sp³-hybridized carbons (Fsp3) is 0.211. The lowest BCUT2D eigenvalue weighted by Crippen LogP contribution is -2.14. The maximum Gasteiger partial charge on any atom is 0.228 e. The third-order valence-electron chi connectivity index (χ3n) is 4.50. The molecule has 0 unspecified atom stereocenters. The number of aromatic nitrogens is 3. The zero-order valence-corrected chi connectivity index (χ0v) is 13.8. The van der Waals surface area contributed by atoms with Crippen LogP contribution in [0.2, 0.25) is 0 Å². The van der Waals surface area contributed by atoms with Crippen LogP contribution in [0.15, 0.2) is 61.2 Å². The zero-order chi connectivity index (χ0) is 17.2. The first kappa shape index (κ1) is 15.4. The summed E-state index contributed by atoms with van der Waals surface area (Å²) in [7, 11) is 1.65. The maximum absolute atomic E-state index is 12.5. The van der Waals surface area contributed by atoms with Crippen molar-refractivity contribution in [3.63, 3.8) is 0 Å². The number of anilines is 1. The molecule has 1 fully saturated rings. The Bertz CT molecular complexity index is 875. The van der Waals surface area contributed by atoms with Crippen molar-refractivity contribution in [1.29, 1.82) is 0 Å². The highest BCUT2D eigenvalue weighted by Crippen LogP contribution is 2.48. The van der Waals surface area contributed by atoms with Gasteiger partial charge in [0.15, 0.2) is 0 Å². The smallest absolute Gasteiger partial charge is 0.228 e. The number of amides is 1. The number of nitrogens with zero attached hydrogens (tertiary/aromatic N) is 3. The topological polar surface area (TPSA) is 69.0 Å². The van der Waals surface area contributed by atoms with Gasteiger partial charge in [-0.1, -0.05) is 18.2 Å². The van der Waals surface area contributed by atoms with Gasteiger partial charge in [-0.3, -0.25) is 9.36 Å². The number of methoxy groups -OCH3 is 1. The van der Waals surface area contributed by atoms with Crippen molar-refractivity contribution in [2.75, 3.05) is 12.4 Å². The molecule has 0 bridgehead atoms. The Labute approximate surface area is 145 Å². The van der Waals surface area contributed by atoms with E-state index in [4.69, 9.17) is 4.74 Å². The van der Waals surface area contributed by atoms with Crippen molar-refractivity contribution in [3.8, 4) is 11.4 Å². The van der Waals surface area contributed by atoms with E-state index >= 15 is 0 Å². The minimum absolute atomic E-state index is 0.0203. The number of carbonyl (C=O) groups is 1. The lowest BCUT2D eigenvalue weighted by molar-refractivity contribution is -0.117. The average Bonchev–Trinajstić information content (AvgIpc) is 3.27. The molecule has 3 aromatic rings. The molecule has 1 saturated carbocycles. The number of hydrogen-bond acceptors (Lipinski definition) is 4. The van der Waals surface area contributed by atoms with Crippen molar-refractivity contribution in [2.45, 2.75) is 12.3 Å². The van der Waals surface area contributed by atoms with Crippen LogP contribution in [0.1, 0.15) is 17.9 Å². The summed E-state index contributed by atoms with van der Waals surface area (Å²) in [4.78, 5) is 12.5. The number of benzene rings is 2. The van der Waals surface area contributed by atoms with E-state index in [-0.39, 0.29) is 17.7 Å². The summed E-state index contributed by atoms with van der Waals surface area (Å²) in [5.74, 6) is 1.19. The van der Waals surface area contributed by atoms with E-state index in [2.05, 4.69) is 15.5 Å². The second-order valence-electron chi connectivity index (χ2n) is 6.13. The van der Waals surface area contributed by atoms with Crippen molar-refractivity contribution < 1.29 is 9.53 Å². The molecule has 1 aliphatic rings. The molecular formula is C19H18N4O2. The molecule has 4 rings (SSSR count). The number of carbonyl (C=O) groups excluding carboxylic acids is 1. The van der Waals surface area contributed by atoms with Gasteiger partial charge in [0.25, 0.3) is 0 Å². The van der Waals surface area contributed by atoms with Crippen LogP contribution in [0.25, 0.3) is 5.69 Å². The molecule has 0 spiro atoms. The molecule has 25 heavy (non-hydrogen) atoms. The first-order valence-corrected chi connectivity index (χ1v) is 8.14. The number of nitrogens with one attached hydrogen (secondary N) is 1. The molecule has 6 heteroatoms. The van der Waals surface area contributed by atoms with Gasteiger partial charge in [0, 0.05) is 11.6 Å². The molecule has 1 aromatic heterocycles. The lowest BCUT2D eigenvalue weighted by Gasteiger charge is -2.08. The minimum Gasteiger partial charge on any atom is -0.497 e. The SMILES string of the molecule is COc1ccc([C@H]2C[C@H]2C(=O)Nc2cccc(-n3cnnc3)c2)cc1. The fourth-order valence-electron chi connectivity index (χ4n) is 3.02. The molecule has 6 nitrogen and oxygen atoms in total. The second kappa shape index (κ2) is 6.39. The van der Waals surface area contributed by atoms with E-state index in [1.807, 2.05) is 48.5 Å². The minimum atomic E-state index is 0.0203. The summed E-state index contributed by atoms with van der Waals surface area (Å²) in [6, 6.07) is 15.6. The molecule has 1 aliphatic carbocycles. The first-order chi connectivity index (χ1) is 12.2. The first-order valence-electron chi connectivity index (χ1n) is 8.14.